The van der Waals surface area contributed by atoms with Crippen LogP contribution < -0.4 is 10.6 Å². The molecule has 0 spiro atoms. The van der Waals surface area contributed by atoms with Crippen molar-refractivity contribution in [2.75, 3.05) is 18.4 Å². The average Bonchev–Trinajstić information content (AvgIpc) is 2.74. The van der Waals surface area contributed by atoms with Crippen LogP contribution in [0.15, 0.2) is 30.3 Å². The van der Waals surface area contributed by atoms with Gasteiger partial charge >= 0.3 is 0 Å². The molecule has 2 N–H and O–H groups in total. The van der Waals surface area contributed by atoms with Crippen molar-refractivity contribution in [2.45, 2.75) is 58.7 Å². The Morgan fingerprint density at radius 1 is 1.23 bits per heavy atom. The molecule has 0 aliphatic carbocycles. The van der Waals surface area contributed by atoms with E-state index in [4.69, 9.17) is 9.72 Å². The van der Waals surface area contributed by atoms with Gasteiger partial charge in [-0.15, -0.1) is 0 Å². The van der Waals surface area contributed by atoms with Gasteiger partial charge in [-0.3, -0.25) is 4.79 Å². The van der Waals surface area contributed by atoms with Crippen LogP contribution >= 0.6 is 0 Å². The first-order chi connectivity index (χ1) is 14.4. The number of amides is 1. The van der Waals surface area contributed by atoms with E-state index in [0.717, 1.165) is 36.1 Å². The lowest BCUT2D eigenvalue weighted by Crippen LogP contribution is -2.34. The van der Waals surface area contributed by atoms with Gasteiger partial charge in [-0.25, -0.2) is 4.98 Å². The van der Waals surface area contributed by atoms with Crippen LogP contribution in [0, 0.1) is 11.3 Å². The number of benzene rings is 1. The third-order valence-electron chi connectivity index (χ3n) is 5.33. The van der Waals surface area contributed by atoms with Gasteiger partial charge in [0, 0.05) is 36.3 Å². The molecule has 6 heteroatoms. The zero-order chi connectivity index (χ0) is 21.6. The Balaban J connectivity index is 1.75. The number of hydrogen-bond donors (Lipinski definition) is 2. The normalized spacial score (nSPS) is 14.5. The minimum Gasteiger partial charge on any atom is -0.370 e. The molecule has 1 aliphatic rings. The predicted molar refractivity (Wildman–Crippen MR) is 117 cm³/mol. The van der Waals surface area contributed by atoms with E-state index in [9.17, 15) is 10.1 Å². The second kappa shape index (κ2) is 9.73. The van der Waals surface area contributed by atoms with Gasteiger partial charge in [0.1, 0.15) is 11.9 Å². The Morgan fingerprint density at radius 2 is 2.00 bits per heavy atom. The number of nitrogens with zero attached hydrogens (tertiary/aromatic N) is 2. The second-order valence-corrected chi connectivity index (χ2v) is 8.23. The zero-order valence-corrected chi connectivity index (χ0v) is 18.0. The second-order valence-electron chi connectivity index (χ2n) is 8.23. The molecule has 0 saturated carbocycles. The maximum absolute atomic E-state index is 12.2. The van der Waals surface area contributed by atoms with E-state index in [-0.39, 0.29) is 11.5 Å². The van der Waals surface area contributed by atoms with E-state index in [1.54, 1.807) is 12.1 Å². The molecule has 0 radical (unpaired) electrons. The van der Waals surface area contributed by atoms with Crippen molar-refractivity contribution in [3.63, 3.8) is 0 Å². The molecular formula is C24H30N4O2. The summed E-state index contributed by atoms with van der Waals surface area (Å²) < 4.78 is 6.00. The first-order valence-electron chi connectivity index (χ1n) is 10.6. The highest BCUT2D eigenvalue weighted by atomic mass is 16.5. The van der Waals surface area contributed by atoms with Gasteiger partial charge in [0.15, 0.2) is 0 Å². The molecule has 0 unspecified atom stereocenters. The minimum atomic E-state index is -0.303. The quantitative estimate of drug-likeness (QED) is 0.647. The summed E-state index contributed by atoms with van der Waals surface area (Å²) in [7, 11) is 0. The maximum Gasteiger partial charge on any atom is 0.251 e. The molecule has 6 nitrogen and oxygen atoms in total. The number of hydrogen-bond acceptors (Lipinski definition) is 5. The minimum absolute atomic E-state index is 0.112. The van der Waals surface area contributed by atoms with Gasteiger partial charge in [-0.05, 0) is 44.4 Å². The molecule has 1 aromatic carbocycles. The summed E-state index contributed by atoms with van der Waals surface area (Å²) in [6, 6.07) is 11.5. The van der Waals surface area contributed by atoms with Crippen LogP contribution in [0.3, 0.4) is 0 Å². The smallest absolute Gasteiger partial charge is 0.251 e. The highest BCUT2D eigenvalue weighted by Crippen LogP contribution is 2.34. The van der Waals surface area contributed by atoms with E-state index >= 15 is 0 Å². The highest BCUT2D eigenvalue weighted by molar-refractivity contribution is 5.94. The Bertz CT molecular complexity index is 932. The van der Waals surface area contributed by atoms with Crippen LogP contribution in [0.25, 0.3) is 0 Å². The number of nitrogens with one attached hydrogen (secondary N) is 2. The zero-order valence-electron chi connectivity index (χ0n) is 18.0. The van der Waals surface area contributed by atoms with Gasteiger partial charge in [-0.2, -0.15) is 5.26 Å². The number of pyridine rings is 1. The number of ether oxygens (including phenoxy) is 1. The van der Waals surface area contributed by atoms with Gasteiger partial charge < -0.3 is 15.4 Å². The van der Waals surface area contributed by atoms with Crippen molar-refractivity contribution >= 4 is 11.7 Å². The maximum atomic E-state index is 12.2. The molecule has 1 amide bonds. The molecule has 0 saturated heterocycles. The van der Waals surface area contributed by atoms with Gasteiger partial charge in [0.25, 0.3) is 5.91 Å². The number of nitriles is 1. The van der Waals surface area contributed by atoms with Crippen molar-refractivity contribution in [3.8, 4) is 6.07 Å². The van der Waals surface area contributed by atoms with Crippen molar-refractivity contribution < 1.29 is 9.53 Å². The van der Waals surface area contributed by atoms with Crippen LogP contribution in [0.5, 0.6) is 0 Å². The summed E-state index contributed by atoms with van der Waals surface area (Å²) in [5, 5.41) is 16.0. The summed E-state index contributed by atoms with van der Waals surface area (Å²) in [5.74, 6) is 0.493. The fourth-order valence-corrected chi connectivity index (χ4v) is 3.68. The van der Waals surface area contributed by atoms with Gasteiger partial charge in [0.05, 0.1) is 17.8 Å². The molecule has 3 rings (SSSR count). The van der Waals surface area contributed by atoms with E-state index in [1.165, 1.54) is 0 Å². The number of aryl methyl sites for hydroxylation is 1. The third kappa shape index (κ3) is 5.17. The number of rotatable bonds is 8. The van der Waals surface area contributed by atoms with Crippen molar-refractivity contribution in [1.82, 2.24) is 10.3 Å². The Labute approximate surface area is 178 Å². The fourth-order valence-electron chi connectivity index (χ4n) is 3.68. The summed E-state index contributed by atoms with van der Waals surface area (Å²) >= 11 is 0. The number of unbranched alkanes of at least 4 members (excludes halogenated alkanes) is 1. The number of aromatic nitrogens is 1. The average molecular weight is 407 g/mol. The summed E-state index contributed by atoms with van der Waals surface area (Å²) in [4.78, 5) is 17.0. The SMILES string of the molecule is CCCCc1nc(NCCNC(=O)c2ccccc2)c(C#N)c2c1COC(C)(C)C2. The lowest BCUT2D eigenvalue weighted by Gasteiger charge is -2.33. The number of carbonyl (C=O) groups is 1. The molecule has 1 aliphatic heterocycles. The predicted octanol–water partition coefficient (Wildman–Crippen LogP) is 3.99. The molecule has 158 valence electrons. The van der Waals surface area contributed by atoms with E-state index in [1.807, 2.05) is 18.2 Å². The summed E-state index contributed by atoms with van der Waals surface area (Å²) in [5.41, 5.74) is 4.05. The van der Waals surface area contributed by atoms with Crippen LogP contribution in [0.1, 0.15) is 66.4 Å². The standard InChI is InChI=1S/C24H30N4O2/c1-4-5-11-21-20-16-30-24(2,3)14-18(20)19(15-25)22(28-21)26-12-13-27-23(29)17-9-7-6-8-10-17/h6-10H,4-5,11-14,16H2,1-3H3,(H,26,28)(H,27,29). The van der Waals surface area contributed by atoms with Crippen LogP contribution in [0.4, 0.5) is 5.82 Å². The molecule has 2 heterocycles. The molecule has 0 bridgehead atoms. The Kier molecular flexibility index (Phi) is 7.07. The molecule has 0 fully saturated rings. The molecule has 0 atom stereocenters. The number of carbonyl (C=O) groups excluding carboxylic acids is 1. The third-order valence-corrected chi connectivity index (χ3v) is 5.33. The first kappa shape index (κ1) is 21.8. The molecule has 1 aromatic heterocycles. The Morgan fingerprint density at radius 3 is 2.70 bits per heavy atom. The van der Waals surface area contributed by atoms with Crippen LogP contribution in [-0.2, 0) is 24.2 Å². The first-order valence-corrected chi connectivity index (χ1v) is 10.6. The fraction of sp³-hybridized carbons (Fsp3) is 0.458. The van der Waals surface area contributed by atoms with Crippen molar-refractivity contribution in [2.24, 2.45) is 0 Å². The van der Waals surface area contributed by atoms with Gasteiger partial charge in [-0.1, -0.05) is 31.5 Å². The number of anilines is 1. The van der Waals surface area contributed by atoms with Crippen LogP contribution in [0.2, 0.25) is 0 Å². The summed E-state index contributed by atoms with van der Waals surface area (Å²) in [6.45, 7) is 7.69. The lowest BCUT2D eigenvalue weighted by molar-refractivity contribution is -0.0407. The van der Waals surface area contributed by atoms with Crippen molar-refractivity contribution in [3.05, 3.63) is 58.3 Å². The number of fused-ring (bicyclic) bond motifs is 1. The summed E-state index contributed by atoms with van der Waals surface area (Å²) in [6.07, 6.45) is 3.68. The van der Waals surface area contributed by atoms with E-state index in [0.29, 0.717) is 43.1 Å². The largest absolute Gasteiger partial charge is 0.370 e. The molecule has 30 heavy (non-hydrogen) atoms. The van der Waals surface area contributed by atoms with E-state index < -0.39 is 0 Å². The van der Waals surface area contributed by atoms with Crippen LogP contribution in [-0.4, -0.2) is 29.6 Å². The molecular weight excluding hydrogens is 376 g/mol. The van der Waals surface area contributed by atoms with Crippen molar-refractivity contribution in [1.29, 1.82) is 5.26 Å². The lowest BCUT2D eigenvalue weighted by atomic mass is 9.87. The molecule has 2 aromatic rings. The topological polar surface area (TPSA) is 87.0 Å². The highest BCUT2D eigenvalue weighted by Gasteiger charge is 2.31. The van der Waals surface area contributed by atoms with E-state index in [2.05, 4.69) is 37.5 Å². The van der Waals surface area contributed by atoms with Gasteiger partial charge in [0.2, 0.25) is 0 Å². The Hall–Kier alpha value is -2.91. The monoisotopic (exact) mass is 406 g/mol.